The molecule has 0 fully saturated rings. The molecular formula is C16H16N2O3. The average Bonchev–Trinajstić information content (AvgIpc) is 2.95. The first kappa shape index (κ1) is 13.5. The molecule has 3 aromatic rings. The number of methoxy groups -OCH3 is 1. The molecule has 0 unspecified atom stereocenters. The molecule has 2 N–H and O–H groups in total. The Bertz CT molecular complexity index is 735. The van der Waals surface area contributed by atoms with Crippen LogP contribution in [0.1, 0.15) is 11.4 Å². The molecular weight excluding hydrogens is 268 g/mol. The highest BCUT2D eigenvalue weighted by Gasteiger charge is 2.04. The highest BCUT2D eigenvalue weighted by atomic mass is 16.5. The Morgan fingerprint density at radius 3 is 2.57 bits per heavy atom. The quantitative estimate of drug-likeness (QED) is 0.756. The van der Waals surface area contributed by atoms with Crippen LogP contribution in [-0.4, -0.2) is 22.2 Å². The zero-order chi connectivity index (χ0) is 14.7. The van der Waals surface area contributed by atoms with Crippen molar-refractivity contribution in [3.05, 3.63) is 53.9 Å². The van der Waals surface area contributed by atoms with E-state index >= 15 is 0 Å². The first-order valence-corrected chi connectivity index (χ1v) is 6.64. The van der Waals surface area contributed by atoms with Crippen LogP contribution >= 0.6 is 0 Å². The van der Waals surface area contributed by atoms with Crippen LogP contribution in [0.4, 0.5) is 0 Å². The second kappa shape index (κ2) is 5.85. The van der Waals surface area contributed by atoms with Crippen LogP contribution in [0.5, 0.6) is 11.5 Å². The number of aliphatic hydroxyl groups excluding tert-OH is 1. The van der Waals surface area contributed by atoms with Crippen LogP contribution < -0.4 is 9.47 Å². The van der Waals surface area contributed by atoms with E-state index in [1.165, 1.54) is 0 Å². The molecule has 0 aliphatic carbocycles. The van der Waals surface area contributed by atoms with E-state index in [2.05, 4.69) is 9.97 Å². The molecule has 2 aromatic carbocycles. The Balaban J connectivity index is 1.71. The van der Waals surface area contributed by atoms with E-state index in [4.69, 9.17) is 14.6 Å². The van der Waals surface area contributed by atoms with E-state index < -0.39 is 0 Å². The summed E-state index contributed by atoms with van der Waals surface area (Å²) in [6.45, 7) is 0.378. The lowest BCUT2D eigenvalue weighted by Gasteiger charge is -2.07. The first-order chi connectivity index (χ1) is 10.3. The third-order valence-electron chi connectivity index (χ3n) is 3.22. The van der Waals surface area contributed by atoms with E-state index in [1.807, 2.05) is 42.5 Å². The number of H-pyrrole nitrogens is 1. The van der Waals surface area contributed by atoms with Crippen LogP contribution in [0.3, 0.4) is 0 Å². The largest absolute Gasteiger partial charge is 0.497 e. The highest BCUT2D eigenvalue weighted by Crippen LogP contribution is 2.20. The lowest BCUT2D eigenvalue weighted by atomic mass is 10.2. The van der Waals surface area contributed by atoms with Crippen molar-refractivity contribution >= 4 is 11.0 Å². The van der Waals surface area contributed by atoms with Gasteiger partial charge in [0, 0.05) is 6.07 Å². The Labute approximate surface area is 122 Å². The van der Waals surface area contributed by atoms with E-state index in [0.717, 1.165) is 28.1 Å². The maximum Gasteiger partial charge on any atom is 0.133 e. The van der Waals surface area contributed by atoms with Gasteiger partial charge < -0.3 is 19.6 Å². The van der Waals surface area contributed by atoms with Gasteiger partial charge in [-0.3, -0.25) is 0 Å². The Morgan fingerprint density at radius 1 is 1.10 bits per heavy atom. The predicted molar refractivity (Wildman–Crippen MR) is 79.3 cm³/mol. The lowest BCUT2D eigenvalue weighted by molar-refractivity contribution is 0.273. The molecule has 0 amide bonds. The number of benzene rings is 2. The summed E-state index contributed by atoms with van der Waals surface area (Å²) in [5, 5.41) is 9.07. The zero-order valence-electron chi connectivity index (χ0n) is 11.7. The minimum absolute atomic E-state index is 0.100. The number of imidazole rings is 1. The number of nitrogens with zero attached hydrogens (tertiary/aromatic N) is 1. The van der Waals surface area contributed by atoms with E-state index in [0.29, 0.717) is 12.4 Å². The molecule has 5 nitrogen and oxygen atoms in total. The molecule has 0 bridgehead atoms. The topological polar surface area (TPSA) is 67.4 Å². The molecule has 0 aliphatic rings. The summed E-state index contributed by atoms with van der Waals surface area (Å²) in [4.78, 5) is 7.30. The molecule has 0 saturated heterocycles. The predicted octanol–water partition coefficient (Wildman–Crippen LogP) is 2.64. The highest BCUT2D eigenvalue weighted by molar-refractivity contribution is 5.76. The second-order valence-electron chi connectivity index (χ2n) is 4.66. The second-order valence-corrected chi connectivity index (χ2v) is 4.66. The van der Waals surface area contributed by atoms with Gasteiger partial charge in [-0.25, -0.2) is 4.98 Å². The molecule has 108 valence electrons. The lowest BCUT2D eigenvalue weighted by Crippen LogP contribution is -1.95. The molecule has 0 atom stereocenters. The third kappa shape index (κ3) is 2.98. The zero-order valence-corrected chi connectivity index (χ0v) is 11.7. The van der Waals surface area contributed by atoms with Crippen molar-refractivity contribution in [2.75, 3.05) is 7.11 Å². The SMILES string of the molecule is COc1ccc(COc2ccc3[nH]c(CO)nc3c2)cc1. The van der Waals surface area contributed by atoms with Crippen molar-refractivity contribution < 1.29 is 14.6 Å². The Morgan fingerprint density at radius 2 is 1.86 bits per heavy atom. The molecule has 21 heavy (non-hydrogen) atoms. The number of aromatic nitrogens is 2. The number of aliphatic hydroxyl groups is 1. The molecule has 1 heterocycles. The number of hydrogen-bond acceptors (Lipinski definition) is 4. The van der Waals surface area contributed by atoms with Crippen molar-refractivity contribution in [1.82, 2.24) is 9.97 Å². The van der Waals surface area contributed by atoms with Gasteiger partial charge in [0.05, 0.1) is 18.1 Å². The van der Waals surface area contributed by atoms with Crippen molar-refractivity contribution in [2.24, 2.45) is 0 Å². The van der Waals surface area contributed by atoms with E-state index in [9.17, 15) is 0 Å². The van der Waals surface area contributed by atoms with Crippen molar-refractivity contribution in [2.45, 2.75) is 13.2 Å². The average molecular weight is 284 g/mol. The number of aromatic amines is 1. The van der Waals surface area contributed by atoms with E-state index in [1.54, 1.807) is 7.11 Å². The number of nitrogens with one attached hydrogen (secondary N) is 1. The van der Waals surface area contributed by atoms with Crippen molar-refractivity contribution in [3.8, 4) is 11.5 Å². The summed E-state index contributed by atoms with van der Waals surface area (Å²) in [5.74, 6) is 2.12. The summed E-state index contributed by atoms with van der Waals surface area (Å²) in [6.07, 6.45) is 0. The molecule has 3 rings (SSSR count). The van der Waals surface area contributed by atoms with Gasteiger partial charge in [0.15, 0.2) is 0 Å². The van der Waals surface area contributed by atoms with Gasteiger partial charge >= 0.3 is 0 Å². The molecule has 5 heteroatoms. The summed E-state index contributed by atoms with van der Waals surface area (Å²) in [7, 11) is 1.64. The fourth-order valence-electron chi connectivity index (χ4n) is 2.09. The van der Waals surface area contributed by atoms with Crippen LogP contribution in [0.15, 0.2) is 42.5 Å². The first-order valence-electron chi connectivity index (χ1n) is 6.64. The minimum Gasteiger partial charge on any atom is -0.497 e. The fourth-order valence-corrected chi connectivity index (χ4v) is 2.09. The minimum atomic E-state index is -0.100. The smallest absolute Gasteiger partial charge is 0.133 e. The fraction of sp³-hybridized carbons (Fsp3) is 0.188. The standard InChI is InChI=1S/C16H16N2O3/c1-20-12-4-2-11(3-5-12)10-21-13-6-7-14-15(8-13)18-16(9-19)17-14/h2-8,19H,9-10H2,1H3,(H,17,18). The van der Waals surface area contributed by atoms with Gasteiger partial charge in [-0.05, 0) is 29.8 Å². The Kier molecular flexibility index (Phi) is 3.75. The maximum atomic E-state index is 9.07. The van der Waals surface area contributed by atoms with Crippen LogP contribution in [0, 0.1) is 0 Å². The van der Waals surface area contributed by atoms with Crippen LogP contribution in [0.25, 0.3) is 11.0 Å². The van der Waals surface area contributed by atoms with Gasteiger partial charge in [-0.15, -0.1) is 0 Å². The third-order valence-corrected chi connectivity index (χ3v) is 3.22. The number of ether oxygens (including phenoxy) is 2. The van der Waals surface area contributed by atoms with Gasteiger partial charge in [-0.2, -0.15) is 0 Å². The van der Waals surface area contributed by atoms with Crippen LogP contribution in [-0.2, 0) is 13.2 Å². The molecule has 0 radical (unpaired) electrons. The van der Waals surface area contributed by atoms with E-state index in [-0.39, 0.29) is 6.61 Å². The van der Waals surface area contributed by atoms with Gasteiger partial charge in [0.25, 0.3) is 0 Å². The normalized spacial score (nSPS) is 10.8. The van der Waals surface area contributed by atoms with Gasteiger partial charge in [0.1, 0.15) is 30.5 Å². The van der Waals surface area contributed by atoms with Gasteiger partial charge in [0.2, 0.25) is 0 Å². The molecule has 0 aliphatic heterocycles. The number of hydrogen-bond donors (Lipinski definition) is 2. The summed E-state index contributed by atoms with van der Waals surface area (Å²) < 4.78 is 10.9. The summed E-state index contributed by atoms with van der Waals surface area (Å²) >= 11 is 0. The number of fused-ring (bicyclic) bond motifs is 1. The maximum absolute atomic E-state index is 9.07. The summed E-state index contributed by atoms with van der Waals surface area (Å²) in [6, 6.07) is 13.4. The molecule has 0 saturated carbocycles. The monoisotopic (exact) mass is 284 g/mol. The summed E-state index contributed by atoms with van der Waals surface area (Å²) in [5.41, 5.74) is 2.73. The Hall–Kier alpha value is -2.53. The van der Waals surface area contributed by atoms with Crippen molar-refractivity contribution in [1.29, 1.82) is 0 Å². The van der Waals surface area contributed by atoms with Crippen molar-refractivity contribution in [3.63, 3.8) is 0 Å². The number of rotatable bonds is 5. The van der Waals surface area contributed by atoms with Crippen LogP contribution in [0.2, 0.25) is 0 Å². The molecule has 0 spiro atoms. The molecule has 1 aromatic heterocycles. The van der Waals surface area contributed by atoms with Gasteiger partial charge in [-0.1, -0.05) is 12.1 Å².